The van der Waals surface area contributed by atoms with Crippen LogP contribution in [0.2, 0.25) is 0 Å². The fourth-order valence-corrected chi connectivity index (χ4v) is 4.26. The van der Waals surface area contributed by atoms with Gasteiger partial charge >= 0.3 is 0 Å². The minimum Gasteiger partial charge on any atom is -0.497 e. The number of carbonyl (C=O) groups excluding carboxylic acids is 2. The molecule has 0 spiro atoms. The zero-order valence-electron chi connectivity index (χ0n) is 17.4. The number of benzene rings is 1. The van der Waals surface area contributed by atoms with Gasteiger partial charge in [-0.3, -0.25) is 9.59 Å². The van der Waals surface area contributed by atoms with Crippen LogP contribution >= 0.6 is 0 Å². The Hall–Kier alpha value is -3.09. The minimum absolute atomic E-state index is 0.248. The summed E-state index contributed by atoms with van der Waals surface area (Å²) in [6.07, 6.45) is 7.35. The maximum absolute atomic E-state index is 13.3. The molecule has 0 atom stereocenters. The van der Waals surface area contributed by atoms with E-state index in [0.29, 0.717) is 34.9 Å². The van der Waals surface area contributed by atoms with Gasteiger partial charge in [-0.05, 0) is 37.8 Å². The predicted molar refractivity (Wildman–Crippen MR) is 112 cm³/mol. The molecule has 3 aromatic rings. The second kappa shape index (κ2) is 8.73. The van der Waals surface area contributed by atoms with E-state index in [4.69, 9.17) is 9.26 Å². The van der Waals surface area contributed by atoms with Crippen LogP contribution in [0.4, 0.5) is 0 Å². The number of aryl methyl sites for hydroxylation is 1. The highest BCUT2D eigenvalue weighted by molar-refractivity contribution is 6.44. The molecule has 1 aliphatic rings. The number of H-pyrrole nitrogens is 1. The molecule has 7 nitrogen and oxygen atoms in total. The molecule has 0 aliphatic heterocycles. The van der Waals surface area contributed by atoms with Gasteiger partial charge < -0.3 is 19.1 Å². The van der Waals surface area contributed by atoms with Crippen molar-refractivity contribution < 1.29 is 18.8 Å². The van der Waals surface area contributed by atoms with Gasteiger partial charge in [0, 0.05) is 35.8 Å². The third-order valence-electron chi connectivity index (χ3n) is 5.84. The number of nitrogens with one attached hydrogen (secondary N) is 1. The fourth-order valence-electron chi connectivity index (χ4n) is 4.26. The van der Waals surface area contributed by atoms with Crippen molar-refractivity contribution in [3.05, 3.63) is 47.5 Å². The molecule has 4 rings (SSSR count). The van der Waals surface area contributed by atoms with Crippen LogP contribution in [0.25, 0.3) is 10.9 Å². The fraction of sp³-hybridized carbons (Fsp3) is 0.435. The lowest BCUT2D eigenvalue weighted by molar-refractivity contribution is -0.128. The Kier molecular flexibility index (Phi) is 5.88. The van der Waals surface area contributed by atoms with E-state index >= 15 is 0 Å². The Labute approximate surface area is 175 Å². The molecule has 1 fully saturated rings. The number of hydrogen-bond acceptors (Lipinski definition) is 5. The van der Waals surface area contributed by atoms with Gasteiger partial charge in [-0.25, -0.2) is 0 Å². The van der Waals surface area contributed by atoms with E-state index < -0.39 is 11.7 Å². The Morgan fingerprint density at radius 1 is 1.23 bits per heavy atom. The maximum atomic E-state index is 13.3. The molecule has 30 heavy (non-hydrogen) atoms. The van der Waals surface area contributed by atoms with Crippen molar-refractivity contribution >= 4 is 22.6 Å². The van der Waals surface area contributed by atoms with Crippen molar-refractivity contribution in [1.82, 2.24) is 15.0 Å². The Morgan fingerprint density at radius 2 is 2.03 bits per heavy atom. The summed E-state index contributed by atoms with van der Waals surface area (Å²) in [4.78, 5) is 31.1. The van der Waals surface area contributed by atoms with Crippen molar-refractivity contribution in [1.29, 1.82) is 0 Å². The lowest BCUT2D eigenvalue weighted by atomic mass is 9.88. The SMILES string of the molecule is COc1ccc2c(C(=O)C(=O)N(Cc3cc(C)no3)CC3CCCCC3)c[nH]c2c1. The van der Waals surface area contributed by atoms with E-state index in [1.54, 1.807) is 30.3 Å². The number of carbonyl (C=O) groups is 2. The number of ether oxygens (including phenoxy) is 1. The van der Waals surface area contributed by atoms with Gasteiger partial charge in [0.25, 0.3) is 11.7 Å². The molecule has 0 radical (unpaired) electrons. The smallest absolute Gasteiger partial charge is 0.295 e. The van der Waals surface area contributed by atoms with Crippen LogP contribution in [-0.2, 0) is 11.3 Å². The van der Waals surface area contributed by atoms with Crippen LogP contribution in [0.5, 0.6) is 5.75 Å². The van der Waals surface area contributed by atoms with E-state index in [0.717, 1.165) is 24.1 Å². The largest absolute Gasteiger partial charge is 0.497 e. The summed E-state index contributed by atoms with van der Waals surface area (Å²) in [5.41, 5.74) is 1.89. The van der Waals surface area contributed by atoms with Crippen LogP contribution in [0, 0.1) is 12.8 Å². The summed E-state index contributed by atoms with van der Waals surface area (Å²) in [7, 11) is 1.59. The Morgan fingerprint density at radius 3 is 2.73 bits per heavy atom. The molecule has 7 heteroatoms. The summed E-state index contributed by atoms with van der Waals surface area (Å²) in [6.45, 7) is 2.64. The molecule has 1 aliphatic carbocycles. The quantitative estimate of drug-likeness (QED) is 0.465. The van der Waals surface area contributed by atoms with Gasteiger partial charge in [0.2, 0.25) is 0 Å². The van der Waals surface area contributed by atoms with Gasteiger partial charge in [0.1, 0.15) is 5.75 Å². The Bertz CT molecular complexity index is 1050. The number of rotatable bonds is 7. The first-order valence-electron chi connectivity index (χ1n) is 10.5. The van der Waals surface area contributed by atoms with Gasteiger partial charge in [0.15, 0.2) is 5.76 Å². The number of aromatic amines is 1. The number of hydrogen-bond donors (Lipinski definition) is 1. The average Bonchev–Trinajstić information content (AvgIpc) is 3.38. The monoisotopic (exact) mass is 409 g/mol. The molecular weight excluding hydrogens is 382 g/mol. The van der Waals surface area contributed by atoms with Crippen LogP contribution in [-0.4, -0.2) is 40.4 Å². The summed E-state index contributed by atoms with van der Waals surface area (Å²) in [5.74, 6) is 0.666. The summed E-state index contributed by atoms with van der Waals surface area (Å²) in [6, 6.07) is 7.21. The highest BCUT2D eigenvalue weighted by atomic mass is 16.5. The molecule has 1 saturated carbocycles. The van der Waals surface area contributed by atoms with Crippen molar-refractivity contribution in [2.24, 2.45) is 5.92 Å². The second-order valence-corrected chi connectivity index (χ2v) is 8.07. The number of amides is 1. The van der Waals surface area contributed by atoms with Gasteiger partial charge in [-0.15, -0.1) is 0 Å². The topological polar surface area (TPSA) is 88.4 Å². The molecule has 158 valence electrons. The lowest BCUT2D eigenvalue weighted by Crippen LogP contribution is -2.39. The molecule has 0 saturated heterocycles. The third kappa shape index (κ3) is 4.25. The first-order chi connectivity index (χ1) is 14.5. The summed E-state index contributed by atoms with van der Waals surface area (Å²) < 4.78 is 10.6. The van der Waals surface area contributed by atoms with Crippen molar-refractivity contribution in [3.8, 4) is 5.75 Å². The summed E-state index contributed by atoms with van der Waals surface area (Å²) >= 11 is 0. The predicted octanol–water partition coefficient (Wildman–Crippen LogP) is 4.26. The highest BCUT2D eigenvalue weighted by Crippen LogP contribution is 2.27. The molecule has 0 unspecified atom stereocenters. The number of aromatic nitrogens is 2. The molecule has 0 bridgehead atoms. The van der Waals surface area contributed by atoms with E-state index in [9.17, 15) is 9.59 Å². The van der Waals surface area contributed by atoms with Crippen LogP contribution < -0.4 is 4.74 Å². The minimum atomic E-state index is -0.515. The lowest BCUT2D eigenvalue weighted by Gasteiger charge is -2.28. The second-order valence-electron chi connectivity index (χ2n) is 8.07. The van der Waals surface area contributed by atoms with E-state index in [1.807, 2.05) is 19.1 Å². The molecule has 1 N–H and O–H groups in total. The number of ketones is 1. The first kappa shape index (κ1) is 20.2. The molecule has 1 aromatic carbocycles. The molecule has 2 heterocycles. The van der Waals surface area contributed by atoms with Gasteiger partial charge in [0.05, 0.1) is 24.9 Å². The van der Waals surface area contributed by atoms with Crippen LogP contribution in [0.15, 0.2) is 35.0 Å². The van der Waals surface area contributed by atoms with E-state index in [-0.39, 0.29) is 6.54 Å². The number of methoxy groups -OCH3 is 1. The standard InChI is InChI=1S/C23H27N3O4/c1-15-10-18(30-25-15)14-26(13-16-6-4-3-5-7-16)23(28)22(27)20-12-24-21-11-17(29-2)8-9-19(20)21/h8-12,16,24H,3-7,13-14H2,1-2H3. The molecular formula is C23H27N3O4. The zero-order chi connectivity index (χ0) is 21.1. The van der Waals surface area contributed by atoms with Crippen molar-refractivity contribution in [2.75, 3.05) is 13.7 Å². The normalized spacial score (nSPS) is 14.7. The first-order valence-corrected chi connectivity index (χ1v) is 10.5. The average molecular weight is 409 g/mol. The van der Waals surface area contributed by atoms with Crippen LogP contribution in [0.3, 0.4) is 0 Å². The number of Topliss-reactive ketones (excluding diaryl/α,β-unsaturated/α-hetero) is 1. The zero-order valence-corrected chi connectivity index (χ0v) is 17.4. The highest BCUT2D eigenvalue weighted by Gasteiger charge is 2.29. The number of fused-ring (bicyclic) bond motifs is 1. The number of nitrogens with zero attached hydrogens (tertiary/aromatic N) is 2. The van der Waals surface area contributed by atoms with Crippen LogP contribution in [0.1, 0.15) is 53.9 Å². The van der Waals surface area contributed by atoms with E-state index in [2.05, 4.69) is 10.1 Å². The molecule has 1 amide bonds. The third-order valence-corrected chi connectivity index (χ3v) is 5.84. The molecule has 2 aromatic heterocycles. The summed E-state index contributed by atoms with van der Waals surface area (Å²) in [5, 5.41) is 4.62. The van der Waals surface area contributed by atoms with Crippen molar-refractivity contribution in [3.63, 3.8) is 0 Å². The maximum Gasteiger partial charge on any atom is 0.295 e. The van der Waals surface area contributed by atoms with E-state index in [1.165, 1.54) is 19.3 Å². The van der Waals surface area contributed by atoms with Crippen molar-refractivity contribution in [2.45, 2.75) is 45.6 Å². The van der Waals surface area contributed by atoms with Gasteiger partial charge in [-0.1, -0.05) is 24.4 Å². The van der Waals surface area contributed by atoms with Gasteiger partial charge in [-0.2, -0.15) is 0 Å². The Balaban J connectivity index is 1.58.